The van der Waals surface area contributed by atoms with E-state index >= 15 is 0 Å². The van der Waals surface area contributed by atoms with Crippen LogP contribution < -0.4 is 4.90 Å². The first kappa shape index (κ1) is 24.8. The van der Waals surface area contributed by atoms with Crippen molar-refractivity contribution >= 4 is 38.1 Å². The highest BCUT2D eigenvalue weighted by Crippen LogP contribution is 2.31. The first-order chi connectivity index (χ1) is 16.0. The smallest absolute Gasteiger partial charge is 0.249 e. The van der Waals surface area contributed by atoms with Gasteiger partial charge in [-0.1, -0.05) is 17.7 Å². The van der Waals surface area contributed by atoms with Crippen molar-refractivity contribution in [2.45, 2.75) is 11.3 Å². The number of aromatic nitrogens is 1. The Hall–Kier alpha value is -2.35. The number of hydrogen-bond acceptors (Lipinski definition) is 5. The molecule has 2 aromatic carbocycles. The first-order valence-electron chi connectivity index (χ1n) is 9.65. The Morgan fingerprint density at radius 2 is 1.50 bits per heavy atom. The molecule has 0 N–H and O–H groups in total. The van der Waals surface area contributed by atoms with Crippen molar-refractivity contribution in [3.63, 3.8) is 0 Å². The quantitative estimate of drug-likeness (QED) is 0.266. The van der Waals surface area contributed by atoms with Crippen LogP contribution in [0.25, 0.3) is 0 Å². The lowest BCUT2D eigenvalue weighted by Crippen LogP contribution is -2.49. The Labute approximate surface area is 199 Å². The van der Waals surface area contributed by atoms with Crippen LogP contribution in [0.1, 0.15) is 11.3 Å². The highest BCUT2D eigenvalue weighted by atomic mass is 35.5. The summed E-state index contributed by atoms with van der Waals surface area (Å²) in [5, 5.41) is 2.31. The molecule has 0 spiro atoms. The van der Waals surface area contributed by atoms with Crippen LogP contribution in [0.2, 0.25) is 5.02 Å². The Balaban J connectivity index is 1.47. The Bertz CT molecular complexity index is 1330. The molecular weight excluding hydrogens is 528 g/mol. The maximum atomic E-state index is 14.0. The molecule has 0 amide bonds. The van der Waals surface area contributed by atoms with Gasteiger partial charge in [0, 0.05) is 38.0 Å². The monoisotopic (exact) mass is 541 g/mol. The summed E-state index contributed by atoms with van der Waals surface area (Å²) < 4.78 is 108. The van der Waals surface area contributed by atoms with Gasteiger partial charge in [0.05, 0.1) is 10.7 Å². The fraction of sp³-hybridized carbons (Fsp3) is 0.250. The molecule has 1 aromatic heterocycles. The van der Waals surface area contributed by atoms with Gasteiger partial charge in [0.25, 0.3) is 0 Å². The van der Waals surface area contributed by atoms with Crippen molar-refractivity contribution in [1.82, 2.24) is 9.29 Å². The fourth-order valence-electron chi connectivity index (χ4n) is 3.44. The van der Waals surface area contributed by atoms with Gasteiger partial charge in [0.2, 0.25) is 15.8 Å². The van der Waals surface area contributed by atoms with Crippen LogP contribution in [0.3, 0.4) is 0 Å². The van der Waals surface area contributed by atoms with Crippen LogP contribution in [0, 0.1) is 34.9 Å². The predicted molar refractivity (Wildman–Crippen MR) is 114 cm³/mol. The zero-order valence-corrected chi connectivity index (χ0v) is 19.4. The van der Waals surface area contributed by atoms with Crippen molar-refractivity contribution in [2.75, 3.05) is 31.1 Å². The van der Waals surface area contributed by atoms with Crippen LogP contribution in [-0.4, -0.2) is 43.9 Å². The molecule has 1 aliphatic rings. The Morgan fingerprint density at radius 1 is 0.912 bits per heavy atom. The van der Waals surface area contributed by atoms with Crippen molar-refractivity contribution in [3.8, 4) is 0 Å². The molecule has 0 unspecified atom stereocenters. The maximum Gasteiger partial charge on any atom is 0.249 e. The number of piperazine rings is 1. The van der Waals surface area contributed by atoms with E-state index in [0.717, 1.165) is 5.56 Å². The van der Waals surface area contributed by atoms with Gasteiger partial charge in [-0.05, 0) is 17.7 Å². The van der Waals surface area contributed by atoms with Crippen molar-refractivity contribution < 1.29 is 34.8 Å². The lowest BCUT2D eigenvalue weighted by Gasteiger charge is -2.33. The second kappa shape index (κ2) is 9.36. The summed E-state index contributed by atoms with van der Waals surface area (Å²) in [6.45, 7) is -0.372. The van der Waals surface area contributed by atoms with E-state index in [1.165, 1.54) is 23.5 Å². The highest BCUT2D eigenvalue weighted by molar-refractivity contribution is 7.89. The summed E-state index contributed by atoms with van der Waals surface area (Å²) in [6.07, 6.45) is 0.380. The largest absolute Gasteiger partial charge is 0.345 e. The van der Waals surface area contributed by atoms with Gasteiger partial charge in [0.15, 0.2) is 33.3 Å². The van der Waals surface area contributed by atoms with E-state index < -0.39 is 49.8 Å². The van der Waals surface area contributed by atoms with Crippen LogP contribution in [0.5, 0.6) is 0 Å². The molecule has 2 heterocycles. The fourth-order valence-corrected chi connectivity index (χ4v) is 6.06. The molecule has 0 saturated carbocycles. The average Bonchev–Trinajstić information content (AvgIpc) is 3.27. The van der Waals surface area contributed by atoms with Gasteiger partial charge in [-0.15, -0.1) is 11.3 Å². The molecular formula is C20H14ClF6N3O2S2. The van der Waals surface area contributed by atoms with Gasteiger partial charge in [-0.25, -0.2) is 39.7 Å². The van der Waals surface area contributed by atoms with Crippen molar-refractivity contribution in [2.24, 2.45) is 0 Å². The number of halogens is 7. The number of rotatable bonds is 5. The molecule has 3 aromatic rings. The van der Waals surface area contributed by atoms with Gasteiger partial charge in [-0.2, -0.15) is 4.31 Å². The summed E-state index contributed by atoms with van der Waals surface area (Å²) in [4.78, 5) is 4.33. The number of sulfonamides is 1. The summed E-state index contributed by atoms with van der Waals surface area (Å²) in [5.41, 5.74) is 1.40. The third kappa shape index (κ3) is 4.49. The van der Waals surface area contributed by atoms with E-state index in [1.54, 1.807) is 16.3 Å². The third-order valence-electron chi connectivity index (χ3n) is 5.19. The molecule has 0 bridgehead atoms. The molecule has 4 rings (SSSR count). The van der Waals surface area contributed by atoms with E-state index in [-0.39, 0.29) is 31.2 Å². The highest BCUT2D eigenvalue weighted by Gasteiger charge is 2.38. The molecule has 14 heteroatoms. The van der Waals surface area contributed by atoms with E-state index in [2.05, 4.69) is 4.98 Å². The lowest BCUT2D eigenvalue weighted by molar-refractivity contribution is 0.344. The summed E-state index contributed by atoms with van der Waals surface area (Å²) in [5.74, 6) is -12.4. The van der Waals surface area contributed by atoms with Gasteiger partial charge < -0.3 is 4.90 Å². The third-order valence-corrected chi connectivity index (χ3v) is 8.34. The van der Waals surface area contributed by atoms with Crippen molar-refractivity contribution in [3.05, 3.63) is 74.8 Å². The molecule has 182 valence electrons. The number of anilines is 1. The van der Waals surface area contributed by atoms with Crippen LogP contribution in [-0.2, 0) is 16.4 Å². The zero-order chi connectivity index (χ0) is 24.8. The Morgan fingerprint density at radius 3 is 2.09 bits per heavy atom. The summed E-state index contributed by atoms with van der Waals surface area (Å²) in [6, 6.07) is 4.30. The molecule has 0 radical (unpaired) electrons. The van der Waals surface area contributed by atoms with Crippen molar-refractivity contribution in [1.29, 1.82) is 0 Å². The second-order valence-corrected chi connectivity index (χ2v) is 10.5. The molecule has 1 saturated heterocycles. The average molecular weight is 542 g/mol. The maximum absolute atomic E-state index is 14.0. The van der Waals surface area contributed by atoms with Gasteiger partial charge in [0.1, 0.15) is 5.82 Å². The molecule has 5 nitrogen and oxygen atoms in total. The minimum Gasteiger partial charge on any atom is -0.345 e. The van der Waals surface area contributed by atoms with Crippen LogP contribution in [0.15, 0.2) is 28.5 Å². The zero-order valence-electron chi connectivity index (χ0n) is 17.0. The minimum absolute atomic E-state index is 0.0147. The number of benzene rings is 2. The van der Waals surface area contributed by atoms with E-state index in [4.69, 9.17) is 11.6 Å². The van der Waals surface area contributed by atoms with Gasteiger partial charge in [-0.3, -0.25) is 0 Å². The number of thiazole rings is 1. The minimum atomic E-state index is -4.98. The molecule has 1 fully saturated rings. The second-order valence-electron chi connectivity index (χ2n) is 7.34. The number of hydrogen-bond donors (Lipinski definition) is 0. The van der Waals surface area contributed by atoms with Gasteiger partial charge >= 0.3 is 0 Å². The van der Waals surface area contributed by atoms with Crippen LogP contribution >= 0.6 is 22.9 Å². The summed E-state index contributed by atoms with van der Waals surface area (Å²) in [7, 11) is -4.98. The first-order valence-corrected chi connectivity index (χ1v) is 12.3. The Kier molecular flexibility index (Phi) is 6.82. The van der Waals surface area contributed by atoms with E-state index in [0.29, 0.717) is 21.6 Å². The van der Waals surface area contributed by atoms with E-state index in [1.807, 2.05) is 0 Å². The standard InChI is InChI=1S/C20H14ClF6N3O2S2/c21-12-8-10(1-2-13(12)22)7-11-9-33-20(28-11)29-3-5-30(6-4-29)34(31,32)19-17(26)15(24)14(23)16(25)18(19)27/h1-2,8-9H,3-7H2. The molecule has 0 atom stereocenters. The molecule has 0 aliphatic carbocycles. The molecule has 34 heavy (non-hydrogen) atoms. The topological polar surface area (TPSA) is 53.5 Å². The lowest BCUT2D eigenvalue weighted by atomic mass is 10.1. The predicted octanol–water partition coefficient (Wildman–Crippen LogP) is 4.73. The normalized spacial score (nSPS) is 15.2. The number of nitrogens with zero attached hydrogens (tertiary/aromatic N) is 3. The molecule has 1 aliphatic heterocycles. The SMILES string of the molecule is O=S(=O)(c1c(F)c(F)c(F)c(F)c1F)N1CCN(c2nc(Cc3ccc(F)c(Cl)c3)cs2)CC1. The summed E-state index contributed by atoms with van der Waals surface area (Å²) >= 11 is 7.06. The van der Waals surface area contributed by atoms with Crippen LogP contribution in [0.4, 0.5) is 31.5 Å². The van der Waals surface area contributed by atoms with E-state index in [9.17, 15) is 34.8 Å².